The summed E-state index contributed by atoms with van der Waals surface area (Å²) >= 11 is 0. The molecule has 5 rings (SSSR count). The molecule has 35 heavy (non-hydrogen) atoms. The fraction of sp³-hybridized carbons (Fsp3) is 0.333. The third kappa shape index (κ3) is 4.37. The van der Waals surface area contributed by atoms with Crippen molar-refractivity contribution in [1.82, 2.24) is 4.90 Å². The Balaban J connectivity index is 1.33. The normalized spacial score (nSPS) is 22.0. The third-order valence-electron chi connectivity index (χ3n) is 6.90. The number of morpholine rings is 1. The highest BCUT2D eigenvalue weighted by Gasteiger charge is 2.49. The van der Waals surface area contributed by atoms with Gasteiger partial charge in [-0.1, -0.05) is 23.8 Å². The predicted octanol–water partition coefficient (Wildman–Crippen LogP) is 3.26. The molecule has 3 aliphatic rings. The molecule has 180 valence electrons. The van der Waals surface area contributed by atoms with Crippen LogP contribution in [0.2, 0.25) is 0 Å². The first-order chi connectivity index (χ1) is 16.9. The van der Waals surface area contributed by atoms with Gasteiger partial charge in [-0.2, -0.15) is 0 Å². The van der Waals surface area contributed by atoms with E-state index in [9.17, 15) is 19.2 Å². The van der Waals surface area contributed by atoms with Crippen LogP contribution < -0.4 is 10.2 Å². The Morgan fingerprint density at radius 1 is 0.943 bits per heavy atom. The number of anilines is 2. The van der Waals surface area contributed by atoms with Crippen LogP contribution >= 0.6 is 0 Å². The van der Waals surface area contributed by atoms with E-state index in [4.69, 9.17) is 4.74 Å². The summed E-state index contributed by atoms with van der Waals surface area (Å²) in [4.78, 5) is 55.0. The van der Waals surface area contributed by atoms with Crippen molar-refractivity contribution in [3.8, 4) is 0 Å². The van der Waals surface area contributed by atoms with Crippen molar-refractivity contribution in [2.45, 2.75) is 19.8 Å². The molecule has 0 unspecified atom stereocenters. The van der Waals surface area contributed by atoms with Crippen LogP contribution in [0.15, 0.2) is 60.2 Å². The molecule has 0 radical (unpaired) electrons. The van der Waals surface area contributed by atoms with E-state index in [-0.39, 0.29) is 35.1 Å². The van der Waals surface area contributed by atoms with Crippen molar-refractivity contribution in [3.05, 3.63) is 71.3 Å². The molecular weight excluding hydrogens is 446 g/mol. The highest BCUT2D eigenvalue weighted by atomic mass is 16.5. The zero-order valence-corrected chi connectivity index (χ0v) is 19.5. The molecule has 4 amide bonds. The van der Waals surface area contributed by atoms with Gasteiger partial charge in [0.25, 0.3) is 11.8 Å². The van der Waals surface area contributed by atoms with Crippen LogP contribution in [0.5, 0.6) is 0 Å². The van der Waals surface area contributed by atoms with Gasteiger partial charge >= 0.3 is 0 Å². The van der Waals surface area contributed by atoms with Crippen molar-refractivity contribution in [2.75, 3.05) is 36.5 Å². The lowest BCUT2D eigenvalue weighted by molar-refractivity contribution is -0.122. The molecule has 2 fully saturated rings. The Labute approximate surface area is 203 Å². The van der Waals surface area contributed by atoms with Gasteiger partial charge in [0.15, 0.2) is 0 Å². The van der Waals surface area contributed by atoms with Crippen molar-refractivity contribution in [3.63, 3.8) is 0 Å². The molecule has 1 aliphatic carbocycles. The smallest absolute Gasteiger partial charge is 0.257 e. The maximum atomic E-state index is 13.2. The quantitative estimate of drug-likeness (QED) is 0.543. The van der Waals surface area contributed by atoms with E-state index < -0.39 is 5.91 Å². The van der Waals surface area contributed by atoms with Crippen molar-refractivity contribution in [2.24, 2.45) is 11.8 Å². The number of nitrogens with zero attached hydrogens (tertiary/aromatic N) is 2. The minimum atomic E-state index is -0.433. The van der Waals surface area contributed by atoms with Crippen LogP contribution in [0, 0.1) is 11.8 Å². The van der Waals surface area contributed by atoms with Gasteiger partial charge in [0.05, 0.1) is 36.3 Å². The van der Waals surface area contributed by atoms with Crippen LogP contribution in [0.25, 0.3) is 0 Å². The minimum absolute atomic E-state index is 0.0752. The summed E-state index contributed by atoms with van der Waals surface area (Å²) in [5, 5.41) is 2.82. The maximum Gasteiger partial charge on any atom is 0.257 e. The van der Waals surface area contributed by atoms with Gasteiger partial charge in [-0.25, -0.2) is 4.90 Å². The topological polar surface area (TPSA) is 96.0 Å². The van der Waals surface area contributed by atoms with Gasteiger partial charge in [-0.3, -0.25) is 19.2 Å². The maximum absolute atomic E-state index is 13.2. The lowest BCUT2D eigenvalue weighted by atomic mass is 9.82. The van der Waals surface area contributed by atoms with Crippen LogP contribution in [0.1, 0.15) is 40.5 Å². The summed E-state index contributed by atoms with van der Waals surface area (Å²) in [5.41, 5.74) is 2.69. The number of fused-ring (bicyclic) bond motifs is 1. The van der Waals surface area contributed by atoms with Gasteiger partial charge in [-0.05, 0) is 56.2 Å². The average molecular weight is 474 g/mol. The van der Waals surface area contributed by atoms with Crippen molar-refractivity contribution in [1.29, 1.82) is 0 Å². The first kappa shape index (κ1) is 23.0. The molecule has 2 heterocycles. The van der Waals surface area contributed by atoms with Gasteiger partial charge in [-0.15, -0.1) is 0 Å². The lowest BCUT2D eigenvalue weighted by Crippen LogP contribution is -2.40. The lowest BCUT2D eigenvalue weighted by Gasteiger charge is -2.26. The standard InChI is InChI=1S/C27H27N3O5/c1-17-6-11-20-22(16-17)27(34)30(26(20)33)23-5-3-2-4-21(23)24(31)28-19-9-7-18(8-10-19)25(32)29-12-14-35-15-13-29/h2-10,20,22H,11-16H2,1H3,(H,28,31)/t20-,22-/m0/s1. The summed E-state index contributed by atoms with van der Waals surface area (Å²) in [6, 6.07) is 13.3. The van der Waals surface area contributed by atoms with Gasteiger partial charge in [0.1, 0.15) is 0 Å². The highest BCUT2D eigenvalue weighted by molar-refractivity contribution is 6.25. The number of hydrogen-bond acceptors (Lipinski definition) is 5. The number of carbonyl (C=O) groups is 4. The number of hydrogen-bond donors (Lipinski definition) is 1. The van der Waals surface area contributed by atoms with Crippen LogP contribution in [-0.4, -0.2) is 54.8 Å². The van der Waals surface area contributed by atoms with E-state index >= 15 is 0 Å². The average Bonchev–Trinajstić information content (AvgIpc) is 3.13. The molecule has 0 aromatic heterocycles. The van der Waals surface area contributed by atoms with E-state index in [0.717, 1.165) is 5.57 Å². The fourth-order valence-corrected chi connectivity index (χ4v) is 4.98. The van der Waals surface area contributed by atoms with E-state index in [0.29, 0.717) is 56.1 Å². The molecule has 1 N–H and O–H groups in total. The number of para-hydroxylation sites is 1. The highest BCUT2D eigenvalue weighted by Crippen LogP contribution is 2.40. The Hall–Kier alpha value is -3.78. The second-order valence-electron chi connectivity index (χ2n) is 9.17. The van der Waals surface area contributed by atoms with Crippen molar-refractivity contribution < 1.29 is 23.9 Å². The fourth-order valence-electron chi connectivity index (χ4n) is 4.98. The summed E-state index contributed by atoms with van der Waals surface area (Å²) in [5.74, 6) is -1.76. The van der Waals surface area contributed by atoms with Gasteiger partial charge in [0, 0.05) is 24.3 Å². The Morgan fingerprint density at radius 2 is 1.63 bits per heavy atom. The Morgan fingerprint density at radius 3 is 2.37 bits per heavy atom. The molecule has 0 bridgehead atoms. The predicted molar refractivity (Wildman–Crippen MR) is 130 cm³/mol. The molecule has 2 atom stereocenters. The Bertz CT molecular complexity index is 1210. The molecule has 0 saturated carbocycles. The molecule has 2 saturated heterocycles. The number of allylic oxidation sites excluding steroid dienone is 2. The number of benzene rings is 2. The second-order valence-corrected chi connectivity index (χ2v) is 9.17. The van der Waals surface area contributed by atoms with Gasteiger partial charge in [0.2, 0.25) is 11.8 Å². The zero-order valence-electron chi connectivity index (χ0n) is 19.5. The molecule has 8 nitrogen and oxygen atoms in total. The summed E-state index contributed by atoms with van der Waals surface area (Å²) < 4.78 is 5.29. The molecule has 0 spiro atoms. The number of nitrogens with one attached hydrogen (secondary N) is 1. The number of imide groups is 1. The minimum Gasteiger partial charge on any atom is -0.378 e. The third-order valence-corrected chi connectivity index (χ3v) is 6.90. The van der Waals surface area contributed by atoms with E-state index in [1.807, 2.05) is 13.0 Å². The number of carbonyl (C=O) groups excluding carboxylic acids is 4. The monoisotopic (exact) mass is 473 g/mol. The summed E-state index contributed by atoms with van der Waals surface area (Å²) in [6.07, 6.45) is 3.12. The van der Waals surface area contributed by atoms with Crippen LogP contribution in [-0.2, 0) is 14.3 Å². The first-order valence-electron chi connectivity index (χ1n) is 11.8. The van der Waals surface area contributed by atoms with Crippen molar-refractivity contribution >= 4 is 35.0 Å². The van der Waals surface area contributed by atoms with E-state index in [1.165, 1.54) is 4.90 Å². The van der Waals surface area contributed by atoms with Crippen LogP contribution in [0.3, 0.4) is 0 Å². The zero-order chi connectivity index (χ0) is 24.5. The molecule has 2 aliphatic heterocycles. The van der Waals surface area contributed by atoms with Crippen LogP contribution in [0.4, 0.5) is 11.4 Å². The second kappa shape index (κ2) is 9.46. The molecular formula is C27H27N3O5. The first-order valence-corrected chi connectivity index (χ1v) is 11.8. The Kier molecular flexibility index (Phi) is 6.21. The molecule has 8 heteroatoms. The molecule has 2 aromatic rings. The number of amides is 4. The molecule has 2 aromatic carbocycles. The summed E-state index contributed by atoms with van der Waals surface area (Å²) in [6.45, 7) is 4.13. The SMILES string of the molecule is CC1=CC[C@@H]2C(=O)N(c3ccccc3C(=O)Nc3ccc(C(=O)N4CCOCC4)cc3)C(=O)[C@H]2C1. The summed E-state index contributed by atoms with van der Waals surface area (Å²) in [7, 11) is 0. The number of rotatable bonds is 4. The number of ether oxygens (including phenoxy) is 1. The van der Waals surface area contributed by atoms with Gasteiger partial charge < -0.3 is 15.0 Å². The van der Waals surface area contributed by atoms with E-state index in [1.54, 1.807) is 53.4 Å². The van der Waals surface area contributed by atoms with E-state index in [2.05, 4.69) is 5.32 Å². The largest absolute Gasteiger partial charge is 0.378 e.